The van der Waals surface area contributed by atoms with Gasteiger partial charge in [-0.15, -0.1) is 11.3 Å². The van der Waals surface area contributed by atoms with Crippen molar-refractivity contribution in [2.24, 2.45) is 5.92 Å². The Morgan fingerprint density at radius 2 is 1.96 bits per heavy atom. The lowest BCUT2D eigenvalue weighted by molar-refractivity contribution is -0.140. The van der Waals surface area contributed by atoms with E-state index in [0.717, 1.165) is 21.5 Å². The topological polar surface area (TPSA) is 84.2 Å². The Morgan fingerprint density at radius 1 is 1.27 bits per heavy atom. The van der Waals surface area contributed by atoms with Crippen LogP contribution in [0.4, 0.5) is 0 Å². The number of nitrogens with zero attached hydrogens (tertiary/aromatic N) is 2. The summed E-state index contributed by atoms with van der Waals surface area (Å²) in [6, 6.07) is 10.9. The average Bonchev–Trinajstić information content (AvgIpc) is 3.15. The van der Waals surface area contributed by atoms with Gasteiger partial charge in [-0.1, -0.05) is 44.2 Å². The van der Waals surface area contributed by atoms with Crippen LogP contribution < -0.4 is 5.32 Å². The summed E-state index contributed by atoms with van der Waals surface area (Å²) in [7, 11) is 0. The van der Waals surface area contributed by atoms with Crippen molar-refractivity contribution in [3.05, 3.63) is 52.5 Å². The molecule has 0 saturated heterocycles. The van der Waals surface area contributed by atoms with Gasteiger partial charge in [0.15, 0.2) is 0 Å². The van der Waals surface area contributed by atoms with Crippen LogP contribution in [0.1, 0.15) is 34.8 Å². The minimum atomic E-state index is -1.03. The number of carbonyl (C=O) groups is 2. The zero-order valence-corrected chi connectivity index (χ0v) is 15.7. The molecule has 0 saturated carbocycles. The van der Waals surface area contributed by atoms with E-state index in [-0.39, 0.29) is 11.8 Å². The summed E-state index contributed by atoms with van der Waals surface area (Å²) in [6.45, 7) is 6.07. The first-order valence-corrected chi connectivity index (χ1v) is 9.23. The van der Waals surface area contributed by atoms with Crippen LogP contribution in [-0.2, 0) is 11.3 Å². The molecule has 3 rings (SSSR count). The van der Waals surface area contributed by atoms with E-state index in [0.29, 0.717) is 11.4 Å². The molecule has 6 nitrogen and oxygen atoms in total. The van der Waals surface area contributed by atoms with Crippen LogP contribution in [-0.4, -0.2) is 32.8 Å². The van der Waals surface area contributed by atoms with Gasteiger partial charge in [0.2, 0.25) is 0 Å². The van der Waals surface area contributed by atoms with E-state index in [1.54, 1.807) is 19.9 Å². The highest BCUT2D eigenvalue weighted by molar-refractivity contribution is 7.20. The third kappa shape index (κ3) is 3.62. The molecule has 1 amide bonds. The summed E-state index contributed by atoms with van der Waals surface area (Å²) in [5.74, 6) is -1.58. The Morgan fingerprint density at radius 3 is 2.58 bits per heavy atom. The fourth-order valence-corrected chi connectivity index (χ4v) is 3.88. The van der Waals surface area contributed by atoms with Crippen LogP contribution in [0, 0.1) is 12.8 Å². The molecule has 0 aliphatic rings. The molecule has 0 aliphatic heterocycles. The van der Waals surface area contributed by atoms with Gasteiger partial charge in [0.25, 0.3) is 5.91 Å². The van der Waals surface area contributed by atoms with E-state index < -0.39 is 12.0 Å². The van der Waals surface area contributed by atoms with Crippen LogP contribution in [0.5, 0.6) is 0 Å². The summed E-state index contributed by atoms with van der Waals surface area (Å²) in [5.41, 5.74) is 1.98. The Bertz CT molecular complexity index is 944. The highest BCUT2D eigenvalue weighted by Gasteiger charge is 2.25. The number of fused-ring (bicyclic) bond motifs is 1. The van der Waals surface area contributed by atoms with Crippen molar-refractivity contribution in [1.29, 1.82) is 0 Å². The van der Waals surface area contributed by atoms with Crippen molar-refractivity contribution in [3.8, 4) is 0 Å². The lowest BCUT2D eigenvalue weighted by Crippen LogP contribution is -2.44. The van der Waals surface area contributed by atoms with Gasteiger partial charge in [-0.05, 0) is 24.5 Å². The molecule has 0 unspecified atom stereocenters. The third-order valence-corrected chi connectivity index (χ3v) is 5.37. The number of aliphatic carboxylic acids is 1. The average molecular weight is 371 g/mol. The molecule has 0 spiro atoms. The van der Waals surface area contributed by atoms with Crippen molar-refractivity contribution in [3.63, 3.8) is 0 Å². The predicted octanol–water partition coefficient (Wildman–Crippen LogP) is 3.29. The number of aromatic nitrogens is 2. The molecule has 1 atom stereocenters. The lowest BCUT2D eigenvalue weighted by Gasteiger charge is -2.17. The smallest absolute Gasteiger partial charge is 0.326 e. The van der Waals surface area contributed by atoms with Crippen molar-refractivity contribution < 1.29 is 14.7 Å². The quantitative estimate of drug-likeness (QED) is 0.696. The monoisotopic (exact) mass is 371 g/mol. The Balaban J connectivity index is 1.88. The van der Waals surface area contributed by atoms with Gasteiger partial charge < -0.3 is 10.4 Å². The van der Waals surface area contributed by atoms with Gasteiger partial charge in [0.1, 0.15) is 10.9 Å². The molecule has 26 heavy (non-hydrogen) atoms. The molecule has 1 aromatic carbocycles. The van der Waals surface area contributed by atoms with E-state index in [4.69, 9.17) is 0 Å². The van der Waals surface area contributed by atoms with E-state index in [1.807, 2.05) is 41.9 Å². The van der Waals surface area contributed by atoms with Gasteiger partial charge in [-0.2, -0.15) is 5.10 Å². The number of carbonyl (C=O) groups excluding carboxylic acids is 1. The second-order valence-electron chi connectivity index (χ2n) is 6.59. The number of carboxylic acid groups (broad SMARTS) is 1. The molecular formula is C19H21N3O3S. The van der Waals surface area contributed by atoms with E-state index in [1.165, 1.54) is 11.3 Å². The summed E-state index contributed by atoms with van der Waals surface area (Å²) in [5, 5.41) is 17.4. The molecule has 3 aromatic rings. The normalized spacial score (nSPS) is 12.5. The number of carboxylic acids is 1. The standard InChI is InChI=1S/C19H21N3O3S/c1-11(2)16(19(24)25)20-17(23)15-9-14-12(3)21-22(18(14)26-15)10-13-7-5-4-6-8-13/h4-9,11,16H,10H2,1-3H3,(H,20,23)(H,24,25)/t16-/m0/s1. The highest BCUT2D eigenvalue weighted by Crippen LogP contribution is 2.29. The number of aryl methyl sites for hydroxylation is 1. The predicted molar refractivity (Wildman–Crippen MR) is 102 cm³/mol. The molecular weight excluding hydrogens is 350 g/mol. The molecule has 0 fully saturated rings. The maximum atomic E-state index is 12.5. The zero-order valence-electron chi connectivity index (χ0n) is 14.9. The van der Waals surface area contributed by atoms with Gasteiger partial charge in [-0.3, -0.25) is 9.48 Å². The number of hydrogen-bond donors (Lipinski definition) is 2. The van der Waals surface area contributed by atoms with Crippen LogP contribution in [0.25, 0.3) is 10.2 Å². The molecule has 2 heterocycles. The Hall–Kier alpha value is -2.67. The summed E-state index contributed by atoms with van der Waals surface area (Å²) < 4.78 is 1.89. The zero-order chi connectivity index (χ0) is 18.8. The molecule has 2 N–H and O–H groups in total. The van der Waals surface area contributed by atoms with Gasteiger partial charge >= 0.3 is 5.97 Å². The van der Waals surface area contributed by atoms with Gasteiger partial charge in [-0.25, -0.2) is 4.79 Å². The van der Waals surface area contributed by atoms with Gasteiger partial charge in [0, 0.05) is 5.39 Å². The molecule has 136 valence electrons. The molecule has 0 radical (unpaired) electrons. The molecule has 7 heteroatoms. The molecule has 0 aliphatic carbocycles. The summed E-state index contributed by atoms with van der Waals surface area (Å²) in [4.78, 5) is 25.2. The summed E-state index contributed by atoms with van der Waals surface area (Å²) in [6.07, 6.45) is 0. The van der Waals surface area contributed by atoms with E-state index in [2.05, 4.69) is 10.4 Å². The number of hydrogen-bond acceptors (Lipinski definition) is 4. The van der Waals surface area contributed by atoms with E-state index in [9.17, 15) is 14.7 Å². The largest absolute Gasteiger partial charge is 0.480 e. The number of rotatable bonds is 6. The fourth-order valence-electron chi connectivity index (χ4n) is 2.81. The number of nitrogens with one attached hydrogen (secondary N) is 1. The number of benzene rings is 1. The minimum Gasteiger partial charge on any atom is -0.480 e. The van der Waals surface area contributed by atoms with Crippen molar-refractivity contribution in [2.45, 2.75) is 33.4 Å². The van der Waals surface area contributed by atoms with Crippen LogP contribution >= 0.6 is 11.3 Å². The van der Waals surface area contributed by atoms with Crippen molar-refractivity contribution in [2.75, 3.05) is 0 Å². The van der Waals surface area contributed by atoms with E-state index >= 15 is 0 Å². The second-order valence-corrected chi connectivity index (χ2v) is 7.62. The second kappa shape index (κ2) is 7.29. The van der Waals surface area contributed by atoms with Crippen LogP contribution in [0.2, 0.25) is 0 Å². The third-order valence-electron chi connectivity index (χ3n) is 4.23. The Labute approximate surface area is 155 Å². The first-order valence-electron chi connectivity index (χ1n) is 8.41. The number of amides is 1. The highest BCUT2D eigenvalue weighted by atomic mass is 32.1. The molecule has 2 aromatic heterocycles. The summed E-state index contributed by atoms with van der Waals surface area (Å²) >= 11 is 1.33. The minimum absolute atomic E-state index is 0.193. The first-order chi connectivity index (χ1) is 12.4. The maximum absolute atomic E-state index is 12.5. The number of thiophene rings is 1. The van der Waals surface area contributed by atoms with Crippen LogP contribution in [0.15, 0.2) is 36.4 Å². The fraction of sp³-hybridized carbons (Fsp3) is 0.316. The lowest BCUT2D eigenvalue weighted by atomic mass is 10.0. The maximum Gasteiger partial charge on any atom is 0.326 e. The SMILES string of the molecule is Cc1nn(Cc2ccccc2)c2sc(C(=O)N[C@H](C(=O)O)C(C)C)cc12. The first kappa shape index (κ1) is 18.1. The van der Waals surface area contributed by atoms with Gasteiger partial charge in [0.05, 0.1) is 17.1 Å². The van der Waals surface area contributed by atoms with Crippen molar-refractivity contribution in [1.82, 2.24) is 15.1 Å². The van der Waals surface area contributed by atoms with Crippen LogP contribution in [0.3, 0.4) is 0 Å². The Kier molecular flexibility index (Phi) is 5.08. The molecule has 0 bridgehead atoms. The van der Waals surface area contributed by atoms with Crippen molar-refractivity contribution >= 4 is 33.4 Å².